The Morgan fingerprint density at radius 2 is 1.63 bits per heavy atom. The van der Waals surface area contributed by atoms with Crippen molar-refractivity contribution >= 4 is 0 Å². The Hall–Kier alpha value is -1.84. The van der Waals surface area contributed by atoms with Crippen LogP contribution in [0, 0.1) is 6.92 Å². The normalized spacial score (nSPS) is 12.2. The summed E-state index contributed by atoms with van der Waals surface area (Å²) in [6.07, 6.45) is -0.672. The van der Waals surface area contributed by atoms with E-state index in [9.17, 15) is 5.11 Å². The third kappa shape index (κ3) is 3.81. The first-order valence-electron chi connectivity index (χ1n) is 6.26. The topological polar surface area (TPSA) is 49.7 Å². The number of aliphatic hydroxyl groups excluding tert-OH is 2. The van der Waals surface area contributed by atoms with E-state index in [-0.39, 0.29) is 13.2 Å². The van der Waals surface area contributed by atoms with Crippen LogP contribution in [0.25, 0.3) is 0 Å². The van der Waals surface area contributed by atoms with E-state index >= 15 is 0 Å². The first kappa shape index (κ1) is 13.6. The van der Waals surface area contributed by atoms with E-state index in [4.69, 9.17) is 9.84 Å². The summed E-state index contributed by atoms with van der Waals surface area (Å²) in [6.45, 7) is 2.24. The minimum Gasteiger partial charge on any atom is -0.491 e. The Morgan fingerprint density at radius 1 is 1.00 bits per heavy atom. The van der Waals surface area contributed by atoms with E-state index in [0.29, 0.717) is 0 Å². The summed E-state index contributed by atoms with van der Waals surface area (Å²) in [7, 11) is 0. The maximum atomic E-state index is 10.0. The maximum Gasteiger partial charge on any atom is 0.119 e. The summed E-state index contributed by atoms with van der Waals surface area (Å²) in [4.78, 5) is 0. The molecule has 100 valence electrons. The molecule has 0 aliphatic heterocycles. The number of ether oxygens (including phenoxy) is 1. The molecular formula is C16H18O3. The van der Waals surface area contributed by atoms with Gasteiger partial charge in [-0.1, -0.05) is 42.0 Å². The van der Waals surface area contributed by atoms with Crippen LogP contribution in [0.15, 0.2) is 48.5 Å². The van der Waals surface area contributed by atoms with Crippen molar-refractivity contribution in [1.82, 2.24) is 0 Å². The Balaban J connectivity index is 1.93. The van der Waals surface area contributed by atoms with E-state index in [1.165, 1.54) is 5.56 Å². The maximum absolute atomic E-state index is 10.0. The van der Waals surface area contributed by atoms with E-state index in [0.717, 1.165) is 16.9 Å². The lowest BCUT2D eigenvalue weighted by molar-refractivity contribution is 0.108. The van der Waals surface area contributed by atoms with Gasteiger partial charge in [0.25, 0.3) is 0 Å². The molecule has 0 radical (unpaired) electrons. The lowest BCUT2D eigenvalue weighted by atomic mass is 10.1. The van der Waals surface area contributed by atoms with E-state index < -0.39 is 6.10 Å². The van der Waals surface area contributed by atoms with Gasteiger partial charge >= 0.3 is 0 Å². The van der Waals surface area contributed by atoms with Gasteiger partial charge in [0.15, 0.2) is 0 Å². The summed E-state index contributed by atoms with van der Waals surface area (Å²) in [6, 6.07) is 14.9. The molecule has 1 atom stereocenters. The standard InChI is InChI=1S/C16H18O3/c1-12-2-8-15(9-3-12)19-11-16(18)14-6-4-13(10-17)5-7-14/h2-9,16-18H,10-11H2,1H3. The van der Waals surface area contributed by atoms with Crippen molar-refractivity contribution in [3.63, 3.8) is 0 Å². The molecule has 0 aliphatic rings. The van der Waals surface area contributed by atoms with Gasteiger partial charge in [-0.2, -0.15) is 0 Å². The molecule has 2 N–H and O–H groups in total. The predicted molar refractivity (Wildman–Crippen MR) is 74.0 cm³/mol. The molecule has 2 aromatic rings. The molecule has 0 fully saturated rings. The van der Waals surface area contributed by atoms with Crippen molar-refractivity contribution in [2.45, 2.75) is 19.6 Å². The van der Waals surface area contributed by atoms with Crippen LogP contribution in [0.3, 0.4) is 0 Å². The molecule has 0 saturated carbocycles. The molecule has 0 spiro atoms. The second-order valence-corrected chi connectivity index (χ2v) is 4.54. The molecule has 3 nitrogen and oxygen atoms in total. The Kier molecular flexibility index (Phi) is 4.55. The molecule has 0 aliphatic carbocycles. The van der Waals surface area contributed by atoms with Crippen molar-refractivity contribution in [1.29, 1.82) is 0 Å². The zero-order valence-corrected chi connectivity index (χ0v) is 10.9. The van der Waals surface area contributed by atoms with Crippen LogP contribution < -0.4 is 4.74 Å². The van der Waals surface area contributed by atoms with Gasteiger partial charge in [-0.05, 0) is 30.2 Å². The third-order valence-electron chi connectivity index (χ3n) is 2.98. The first-order valence-corrected chi connectivity index (χ1v) is 6.26. The zero-order valence-electron chi connectivity index (χ0n) is 10.9. The molecule has 0 saturated heterocycles. The first-order chi connectivity index (χ1) is 9.19. The van der Waals surface area contributed by atoms with Crippen LogP contribution in [0.1, 0.15) is 22.8 Å². The van der Waals surface area contributed by atoms with E-state index in [2.05, 4.69) is 0 Å². The molecule has 2 aromatic carbocycles. The number of hydrogen-bond acceptors (Lipinski definition) is 3. The quantitative estimate of drug-likeness (QED) is 0.866. The SMILES string of the molecule is Cc1ccc(OCC(O)c2ccc(CO)cc2)cc1. The number of benzene rings is 2. The van der Waals surface area contributed by atoms with Crippen LogP contribution >= 0.6 is 0 Å². The number of hydrogen-bond donors (Lipinski definition) is 2. The number of aliphatic hydroxyl groups is 2. The fourth-order valence-corrected chi connectivity index (χ4v) is 1.75. The van der Waals surface area contributed by atoms with Crippen LogP contribution in [-0.2, 0) is 6.61 Å². The predicted octanol–water partition coefficient (Wildman–Crippen LogP) is 2.60. The van der Waals surface area contributed by atoms with E-state index in [1.807, 2.05) is 31.2 Å². The van der Waals surface area contributed by atoms with Crippen LogP contribution in [0.2, 0.25) is 0 Å². The van der Waals surface area contributed by atoms with Crippen molar-refractivity contribution in [3.8, 4) is 5.75 Å². The molecule has 0 heterocycles. The minimum atomic E-state index is -0.672. The highest BCUT2D eigenvalue weighted by Gasteiger charge is 2.08. The van der Waals surface area contributed by atoms with Crippen molar-refractivity contribution in [3.05, 3.63) is 65.2 Å². The van der Waals surface area contributed by atoms with Gasteiger partial charge < -0.3 is 14.9 Å². The van der Waals surface area contributed by atoms with Crippen LogP contribution in [-0.4, -0.2) is 16.8 Å². The Labute approximate surface area is 113 Å². The van der Waals surface area contributed by atoms with E-state index in [1.54, 1.807) is 24.3 Å². The number of rotatable bonds is 5. The van der Waals surface area contributed by atoms with Gasteiger partial charge in [0.05, 0.1) is 6.61 Å². The summed E-state index contributed by atoms with van der Waals surface area (Å²) in [5, 5.41) is 19.0. The van der Waals surface area contributed by atoms with Crippen molar-refractivity contribution in [2.75, 3.05) is 6.61 Å². The zero-order chi connectivity index (χ0) is 13.7. The smallest absolute Gasteiger partial charge is 0.119 e. The van der Waals surface area contributed by atoms with Gasteiger partial charge in [0.1, 0.15) is 18.5 Å². The molecular weight excluding hydrogens is 240 g/mol. The van der Waals surface area contributed by atoms with Gasteiger partial charge in [0.2, 0.25) is 0 Å². The molecule has 0 amide bonds. The highest BCUT2D eigenvalue weighted by Crippen LogP contribution is 2.17. The average Bonchev–Trinajstić information content (AvgIpc) is 2.46. The second-order valence-electron chi connectivity index (χ2n) is 4.54. The molecule has 3 heteroatoms. The highest BCUT2D eigenvalue weighted by molar-refractivity contribution is 5.27. The minimum absolute atomic E-state index is 0.0102. The summed E-state index contributed by atoms with van der Waals surface area (Å²) < 4.78 is 5.53. The molecule has 0 bridgehead atoms. The monoisotopic (exact) mass is 258 g/mol. The third-order valence-corrected chi connectivity index (χ3v) is 2.98. The largest absolute Gasteiger partial charge is 0.491 e. The second kappa shape index (κ2) is 6.36. The highest BCUT2D eigenvalue weighted by atomic mass is 16.5. The van der Waals surface area contributed by atoms with Crippen LogP contribution in [0.4, 0.5) is 0 Å². The Morgan fingerprint density at radius 3 is 2.21 bits per heavy atom. The number of aryl methyl sites for hydroxylation is 1. The fraction of sp³-hybridized carbons (Fsp3) is 0.250. The summed E-state index contributed by atoms with van der Waals surface area (Å²) >= 11 is 0. The molecule has 19 heavy (non-hydrogen) atoms. The Bertz CT molecular complexity index is 503. The van der Waals surface area contributed by atoms with Gasteiger partial charge in [-0.15, -0.1) is 0 Å². The lowest BCUT2D eigenvalue weighted by Gasteiger charge is -2.13. The molecule has 2 rings (SSSR count). The summed E-state index contributed by atoms with van der Waals surface area (Å²) in [5.41, 5.74) is 2.78. The van der Waals surface area contributed by atoms with Crippen LogP contribution in [0.5, 0.6) is 5.75 Å². The summed E-state index contributed by atoms with van der Waals surface area (Å²) in [5.74, 6) is 0.747. The average molecular weight is 258 g/mol. The fourth-order valence-electron chi connectivity index (χ4n) is 1.75. The van der Waals surface area contributed by atoms with Gasteiger partial charge in [-0.25, -0.2) is 0 Å². The van der Waals surface area contributed by atoms with Gasteiger partial charge in [-0.3, -0.25) is 0 Å². The molecule has 1 unspecified atom stereocenters. The molecule has 0 aromatic heterocycles. The van der Waals surface area contributed by atoms with Gasteiger partial charge in [0, 0.05) is 0 Å². The lowest BCUT2D eigenvalue weighted by Crippen LogP contribution is -2.09. The van der Waals surface area contributed by atoms with Crippen molar-refractivity contribution in [2.24, 2.45) is 0 Å². The van der Waals surface area contributed by atoms with Crippen molar-refractivity contribution < 1.29 is 14.9 Å².